The van der Waals surface area contributed by atoms with Crippen LogP contribution in [0, 0.1) is 5.92 Å². The van der Waals surface area contributed by atoms with Crippen molar-refractivity contribution in [3.05, 3.63) is 47.1 Å². The molecule has 0 heterocycles. The maximum absolute atomic E-state index is 10.5. The van der Waals surface area contributed by atoms with Crippen molar-refractivity contribution < 1.29 is 10.2 Å². The van der Waals surface area contributed by atoms with E-state index in [1.54, 1.807) is 0 Å². The first-order valence-corrected chi connectivity index (χ1v) is 8.38. The zero-order chi connectivity index (χ0) is 16.7. The van der Waals surface area contributed by atoms with Gasteiger partial charge in [-0.1, -0.05) is 49.8 Å². The van der Waals surface area contributed by atoms with Gasteiger partial charge in [0.2, 0.25) is 0 Å². The molecule has 0 radical (unpaired) electrons. The van der Waals surface area contributed by atoms with Gasteiger partial charge >= 0.3 is 0 Å². The van der Waals surface area contributed by atoms with Gasteiger partial charge in [-0.3, -0.25) is 0 Å². The summed E-state index contributed by atoms with van der Waals surface area (Å²) in [5.74, 6) is 0.277. The molecule has 0 fully saturated rings. The highest BCUT2D eigenvalue weighted by molar-refractivity contribution is 5.23. The predicted octanol–water partition coefficient (Wildman–Crippen LogP) is 4.70. The predicted molar refractivity (Wildman–Crippen MR) is 94.7 cm³/mol. The van der Waals surface area contributed by atoms with Crippen LogP contribution in [0.2, 0.25) is 0 Å². The lowest BCUT2D eigenvalue weighted by molar-refractivity contribution is 0.163. The first-order valence-electron chi connectivity index (χ1n) is 8.38. The Labute approximate surface area is 135 Å². The van der Waals surface area contributed by atoms with E-state index in [1.807, 2.05) is 6.08 Å². The standard InChI is InChI=1S/C20H32O2/c1-14(2)18-11-9-15(3)7-6-8-16(4)10-12-19(21)17(5)13-20(18)22/h8-9,11,14,19-22H,5-7,10,12-13H2,1-4H3/b15-9+,16-8+,18-11-/t19-,20-/m0/s1. The molecular formula is C20H32O2. The molecule has 1 aliphatic carbocycles. The lowest BCUT2D eigenvalue weighted by Crippen LogP contribution is -2.20. The van der Waals surface area contributed by atoms with Crippen molar-refractivity contribution in [1.82, 2.24) is 0 Å². The highest BCUT2D eigenvalue weighted by Gasteiger charge is 2.18. The summed E-state index contributed by atoms with van der Waals surface area (Å²) in [4.78, 5) is 0. The van der Waals surface area contributed by atoms with Gasteiger partial charge in [0.1, 0.15) is 0 Å². The third kappa shape index (κ3) is 6.33. The molecule has 2 nitrogen and oxygen atoms in total. The fraction of sp³-hybridized carbons (Fsp3) is 0.600. The van der Waals surface area contributed by atoms with Crippen LogP contribution in [0.4, 0.5) is 0 Å². The zero-order valence-electron chi connectivity index (χ0n) is 14.6. The van der Waals surface area contributed by atoms with Crippen LogP contribution >= 0.6 is 0 Å². The van der Waals surface area contributed by atoms with Gasteiger partial charge in [0.15, 0.2) is 0 Å². The Morgan fingerprint density at radius 3 is 2.36 bits per heavy atom. The van der Waals surface area contributed by atoms with Gasteiger partial charge in [-0.05, 0) is 56.6 Å². The molecule has 2 N–H and O–H groups in total. The lowest BCUT2D eigenvalue weighted by Gasteiger charge is -2.22. The molecule has 0 bridgehead atoms. The van der Waals surface area contributed by atoms with Crippen molar-refractivity contribution >= 4 is 0 Å². The van der Waals surface area contributed by atoms with Crippen molar-refractivity contribution in [2.45, 2.75) is 72.0 Å². The van der Waals surface area contributed by atoms with Crippen molar-refractivity contribution in [1.29, 1.82) is 0 Å². The molecule has 124 valence electrons. The van der Waals surface area contributed by atoms with Crippen molar-refractivity contribution in [2.24, 2.45) is 5.92 Å². The highest BCUT2D eigenvalue weighted by Crippen LogP contribution is 2.24. The highest BCUT2D eigenvalue weighted by atomic mass is 16.3. The van der Waals surface area contributed by atoms with Crippen LogP contribution in [-0.2, 0) is 0 Å². The number of allylic oxidation sites excluding steroid dienone is 5. The Hall–Kier alpha value is -1.12. The molecule has 2 atom stereocenters. The smallest absolute Gasteiger partial charge is 0.0793 e. The number of hydrogen-bond donors (Lipinski definition) is 2. The van der Waals surface area contributed by atoms with E-state index < -0.39 is 12.2 Å². The molecule has 2 heteroatoms. The molecule has 1 rings (SSSR count). The van der Waals surface area contributed by atoms with Crippen LogP contribution in [0.3, 0.4) is 0 Å². The molecule has 0 aromatic rings. The van der Waals surface area contributed by atoms with Crippen LogP contribution in [0.25, 0.3) is 0 Å². The summed E-state index contributed by atoms with van der Waals surface area (Å²) in [6.45, 7) is 12.4. The first kappa shape index (κ1) is 18.9. The fourth-order valence-electron chi connectivity index (χ4n) is 2.73. The molecule has 0 unspecified atom stereocenters. The summed E-state index contributed by atoms with van der Waals surface area (Å²) >= 11 is 0. The summed E-state index contributed by atoms with van der Waals surface area (Å²) in [5, 5.41) is 20.7. The largest absolute Gasteiger partial charge is 0.389 e. The maximum Gasteiger partial charge on any atom is 0.0793 e. The summed E-state index contributed by atoms with van der Waals surface area (Å²) < 4.78 is 0. The minimum absolute atomic E-state index is 0.277. The fourth-order valence-corrected chi connectivity index (χ4v) is 2.73. The van der Waals surface area contributed by atoms with E-state index in [1.165, 1.54) is 11.1 Å². The second kappa shape index (κ2) is 9.12. The minimum Gasteiger partial charge on any atom is -0.389 e. The topological polar surface area (TPSA) is 40.5 Å². The number of rotatable bonds is 1. The van der Waals surface area contributed by atoms with E-state index >= 15 is 0 Å². The van der Waals surface area contributed by atoms with Gasteiger partial charge in [0.05, 0.1) is 12.2 Å². The molecular weight excluding hydrogens is 272 g/mol. The molecule has 22 heavy (non-hydrogen) atoms. The average molecular weight is 304 g/mol. The first-order chi connectivity index (χ1) is 10.3. The van der Waals surface area contributed by atoms with E-state index in [4.69, 9.17) is 0 Å². The minimum atomic E-state index is -0.564. The number of aliphatic hydroxyl groups excluding tert-OH is 2. The summed E-state index contributed by atoms with van der Waals surface area (Å²) in [6, 6.07) is 0. The summed E-state index contributed by atoms with van der Waals surface area (Å²) in [6.07, 6.45) is 9.39. The molecule has 0 spiro atoms. The Kier molecular flexibility index (Phi) is 7.84. The Bertz CT molecular complexity index is 466. The van der Waals surface area contributed by atoms with Gasteiger partial charge in [0, 0.05) is 6.42 Å². The van der Waals surface area contributed by atoms with Gasteiger partial charge in [-0.2, -0.15) is 0 Å². The van der Waals surface area contributed by atoms with E-state index in [0.717, 1.165) is 30.4 Å². The molecule has 0 amide bonds. The van der Waals surface area contributed by atoms with Crippen LogP contribution in [-0.4, -0.2) is 22.4 Å². The van der Waals surface area contributed by atoms with Crippen molar-refractivity contribution in [3.63, 3.8) is 0 Å². The van der Waals surface area contributed by atoms with Crippen molar-refractivity contribution in [2.75, 3.05) is 0 Å². The Morgan fingerprint density at radius 1 is 1.05 bits per heavy atom. The van der Waals surface area contributed by atoms with E-state index in [-0.39, 0.29) is 5.92 Å². The van der Waals surface area contributed by atoms with E-state index in [0.29, 0.717) is 12.8 Å². The molecule has 0 saturated carbocycles. The lowest BCUT2D eigenvalue weighted by atomic mass is 9.90. The number of aliphatic hydroxyl groups is 2. The van der Waals surface area contributed by atoms with Crippen LogP contribution in [0.1, 0.15) is 59.8 Å². The van der Waals surface area contributed by atoms with Crippen LogP contribution in [0.15, 0.2) is 47.1 Å². The van der Waals surface area contributed by atoms with Crippen LogP contribution < -0.4 is 0 Å². The third-order valence-corrected chi connectivity index (χ3v) is 4.38. The number of hydrogen-bond acceptors (Lipinski definition) is 2. The van der Waals surface area contributed by atoms with Crippen molar-refractivity contribution in [3.8, 4) is 0 Å². The quantitative estimate of drug-likeness (QED) is 0.689. The van der Waals surface area contributed by atoms with Crippen LogP contribution in [0.5, 0.6) is 0 Å². The molecule has 1 aliphatic rings. The second-order valence-corrected chi connectivity index (χ2v) is 6.86. The van der Waals surface area contributed by atoms with Gasteiger partial charge < -0.3 is 10.2 Å². The average Bonchev–Trinajstić information content (AvgIpc) is 2.43. The zero-order valence-corrected chi connectivity index (χ0v) is 14.6. The Morgan fingerprint density at radius 2 is 1.73 bits per heavy atom. The molecule has 0 saturated heterocycles. The molecule has 0 aromatic carbocycles. The third-order valence-electron chi connectivity index (χ3n) is 4.38. The van der Waals surface area contributed by atoms with E-state index in [9.17, 15) is 10.2 Å². The maximum atomic E-state index is 10.5. The van der Waals surface area contributed by atoms with Gasteiger partial charge in [-0.15, -0.1) is 0 Å². The second-order valence-electron chi connectivity index (χ2n) is 6.86. The van der Waals surface area contributed by atoms with E-state index in [2.05, 4.69) is 46.4 Å². The van der Waals surface area contributed by atoms with Gasteiger partial charge in [-0.25, -0.2) is 0 Å². The van der Waals surface area contributed by atoms with Gasteiger partial charge in [0.25, 0.3) is 0 Å². The normalized spacial score (nSPS) is 33.2. The molecule has 0 aromatic heterocycles. The molecule has 0 aliphatic heterocycles. The SMILES string of the molecule is C=C1C[C@H](O)/C(C(C)C)=C\C=C(/C)CC/C=C(\C)CC[C@@H]1O. The Balaban J connectivity index is 3.02. The summed E-state index contributed by atoms with van der Waals surface area (Å²) in [7, 11) is 0. The monoisotopic (exact) mass is 304 g/mol. The summed E-state index contributed by atoms with van der Waals surface area (Å²) in [5.41, 5.74) is 4.38.